The third kappa shape index (κ3) is 4.37. The van der Waals surface area contributed by atoms with Crippen molar-refractivity contribution >= 4 is 17.7 Å². The van der Waals surface area contributed by atoms with Gasteiger partial charge in [0, 0.05) is 24.9 Å². The van der Waals surface area contributed by atoms with Crippen LogP contribution in [0.4, 0.5) is 0 Å². The number of thioether (sulfide) groups is 1. The van der Waals surface area contributed by atoms with Gasteiger partial charge in [-0.05, 0) is 37.4 Å². The Morgan fingerprint density at radius 2 is 2.25 bits per heavy atom. The van der Waals surface area contributed by atoms with E-state index < -0.39 is 0 Å². The minimum Gasteiger partial charge on any atom is -0.376 e. The number of ether oxygens (including phenoxy) is 1. The Labute approximate surface area is 126 Å². The lowest BCUT2D eigenvalue weighted by Gasteiger charge is -2.33. The molecular weight excluding hydrogens is 272 g/mol. The van der Waals surface area contributed by atoms with E-state index in [1.807, 2.05) is 16.7 Å². The fourth-order valence-electron chi connectivity index (χ4n) is 3.02. The molecule has 2 saturated heterocycles. The lowest BCUT2D eigenvalue weighted by Crippen LogP contribution is -2.51. The molecule has 0 aliphatic carbocycles. The van der Waals surface area contributed by atoms with Gasteiger partial charge in [0.25, 0.3) is 0 Å². The first-order valence-corrected chi connectivity index (χ1v) is 8.98. The molecule has 2 rings (SSSR count). The Kier molecular flexibility index (Phi) is 6.18. The monoisotopic (exact) mass is 300 g/mol. The number of carbonyl (C=O) groups is 1. The Morgan fingerprint density at radius 1 is 1.45 bits per heavy atom. The molecule has 3 atom stereocenters. The van der Waals surface area contributed by atoms with Crippen LogP contribution in [-0.4, -0.2) is 53.7 Å². The molecule has 4 nitrogen and oxygen atoms in total. The maximum absolute atomic E-state index is 12.7. The van der Waals surface area contributed by atoms with Gasteiger partial charge in [0.2, 0.25) is 5.91 Å². The molecule has 0 aromatic rings. The van der Waals surface area contributed by atoms with E-state index in [-0.39, 0.29) is 18.1 Å². The summed E-state index contributed by atoms with van der Waals surface area (Å²) in [7, 11) is 0. The average Bonchev–Trinajstić information content (AvgIpc) is 3.07. The number of amides is 1. The molecule has 2 unspecified atom stereocenters. The van der Waals surface area contributed by atoms with E-state index in [9.17, 15) is 4.79 Å². The quantitative estimate of drug-likeness (QED) is 0.813. The van der Waals surface area contributed by atoms with Crippen LogP contribution in [0.2, 0.25) is 0 Å². The molecule has 2 heterocycles. The van der Waals surface area contributed by atoms with Crippen molar-refractivity contribution in [1.82, 2.24) is 4.90 Å². The molecule has 116 valence electrons. The van der Waals surface area contributed by atoms with Crippen molar-refractivity contribution in [3.8, 4) is 0 Å². The van der Waals surface area contributed by atoms with Crippen LogP contribution in [0.5, 0.6) is 0 Å². The van der Waals surface area contributed by atoms with Gasteiger partial charge in [-0.15, -0.1) is 0 Å². The van der Waals surface area contributed by atoms with Gasteiger partial charge in [0.15, 0.2) is 0 Å². The summed E-state index contributed by atoms with van der Waals surface area (Å²) >= 11 is 1.94. The highest BCUT2D eigenvalue weighted by Crippen LogP contribution is 2.25. The molecule has 20 heavy (non-hydrogen) atoms. The zero-order valence-electron chi connectivity index (χ0n) is 12.7. The summed E-state index contributed by atoms with van der Waals surface area (Å²) in [6.07, 6.45) is 4.27. The lowest BCUT2D eigenvalue weighted by atomic mass is 10.0. The van der Waals surface area contributed by atoms with E-state index in [1.54, 1.807) is 0 Å². The zero-order chi connectivity index (χ0) is 14.5. The van der Waals surface area contributed by atoms with Gasteiger partial charge in [-0.3, -0.25) is 4.79 Å². The second kappa shape index (κ2) is 7.66. The van der Waals surface area contributed by atoms with E-state index in [4.69, 9.17) is 10.5 Å². The van der Waals surface area contributed by atoms with E-state index >= 15 is 0 Å². The first-order valence-electron chi connectivity index (χ1n) is 7.83. The van der Waals surface area contributed by atoms with Crippen molar-refractivity contribution in [2.45, 2.75) is 57.7 Å². The summed E-state index contributed by atoms with van der Waals surface area (Å²) in [5, 5.41) is 0. The summed E-state index contributed by atoms with van der Waals surface area (Å²) in [4.78, 5) is 14.7. The van der Waals surface area contributed by atoms with Crippen LogP contribution >= 0.6 is 11.8 Å². The van der Waals surface area contributed by atoms with Crippen molar-refractivity contribution in [1.29, 1.82) is 0 Å². The molecule has 5 heteroatoms. The van der Waals surface area contributed by atoms with Gasteiger partial charge < -0.3 is 15.4 Å². The minimum absolute atomic E-state index is 0.127. The van der Waals surface area contributed by atoms with Crippen LogP contribution in [0.1, 0.15) is 39.5 Å². The topological polar surface area (TPSA) is 55.6 Å². The van der Waals surface area contributed by atoms with E-state index in [0.29, 0.717) is 12.0 Å². The van der Waals surface area contributed by atoms with Crippen LogP contribution in [-0.2, 0) is 9.53 Å². The smallest absolute Gasteiger partial charge is 0.239 e. The third-order valence-electron chi connectivity index (χ3n) is 4.10. The van der Waals surface area contributed by atoms with Crippen LogP contribution in [0.25, 0.3) is 0 Å². The van der Waals surface area contributed by atoms with Gasteiger partial charge in [0.1, 0.15) is 0 Å². The molecule has 2 aliphatic rings. The SMILES string of the molecule is CC(C)C[C@H](N)C(=O)N(CC1CCCO1)C1CCSC1. The van der Waals surface area contributed by atoms with Crippen molar-refractivity contribution in [2.75, 3.05) is 24.7 Å². The number of nitrogens with zero attached hydrogens (tertiary/aromatic N) is 1. The molecule has 2 N–H and O–H groups in total. The molecule has 2 aliphatic heterocycles. The second-order valence-electron chi connectivity index (χ2n) is 6.38. The molecule has 0 aromatic carbocycles. The Hall–Kier alpha value is -0.260. The molecule has 0 radical (unpaired) electrons. The summed E-state index contributed by atoms with van der Waals surface area (Å²) in [6, 6.07) is -0.00286. The fraction of sp³-hybridized carbons (Fsp3) is 0.933. The second-order valence-corrected chi connectivity index (χ2v) is 7.53. The molecular formula is C15H28N2O2S. The normalized spacial score (nSPS) is 28.0. The highest BCUT2D eigenvalue weighted by atomic mass is 32.2. The van der Waals surface area contributed by atoms with Crippen LogP contribution in [0, 0.1) is 5.92 Å². The predicted octanol–water partition coefficient (Wildman–Crippen LogP) is 1.87. The first kappa shape index (κ1) is 16.1. The number of rotatable bonds is 6. The lowest BCUT2D eigenvalue weighted by molar-refractivity contribution is -0.136. The third-order valence-corrected chi connectivity index (χ3v) is 5.24. The summed E-state index contributed by atoms with van der Waals surface area (Å²) in [5.74, 6) is 2.78. The molecule has 0 bridgehead atoms. The Morgan fingerprint density at radius 3 is 2.80 bits per heavy atom. The largest absolute Gasteiger partial charge is 0.376 e. The van der Waals surface area contributed by atoms with Crippen molar-refractivity contribution in [2.24, 2.45) is 11.7 Å². The average molecular weight is 300 g/mol. The van der Waals surface area contributed by atoms with Crippen LogP contribution in [0.15, 0.2) is 0 Å². The summed E-state index contributed by atoms with van der Waals surface area (Å²) in [6.45, 7) is 5.80. The fourth-order valence-corrected chi connectivity index (χ4v) is 4.24. The van der Waals surface area contributed by atoms with Crippen molar-refractivity contribution in [3.63, 3.8) is 0 Å². The zero-order valence-corrected chi connectivity index (χ0v) is 13.5. The maximum Gasteiger partial charge on any atom is 0.239 e. The summed E-state index contributed by atoms with van der Waals surface area (Å²) < 4.78 is 5.71. The van der Waals surface area contributed by atoms with Gasteiger partial charge in [-0.1, -0.05) is 13.8 Å². The molecule has 1 amide bonds. The van der Waals surface area contributed by atoms with Crippen molar-refractivity contribution < 1.29 is 9.53 Å². The van der Waals surface area contributed by atoms with Gasteiger partial charge in [0.05, 0.1) is 12.1 Å². The highest BCUT2D eigenvalue weighted by Gasteiger charge is 2.33. The van der Waals surface area contributed by atoms with Gasteiger partial charge >= 0.3 is 0 Å². The van der Waals surface area contributed by atoms with Crippen LogP contribution < -0.4 is 5.73 Å². The molecule has 2 fully saturated rings. The number of hydrogen-bond donors (Lipinski definition) is 1. The van der Waals surface area contributed by atoms with E-state index in [2.05, 4.69) is 13.8 Å². The van der Waals surface area contributed by atoms with Gasteiger partial charge in [-0.25, -0.2) is 0 Å². The van der Waals surface area contributed by atoms with E-state index in [0.717, 1.165) is 50.3 Å². The van der Waals surface area contributed by atoms with E-state index in [1.165, 1.54) is 0 Å². The molecule has 0 spiro atoms. The molecule has 0 aromatic heterocycles. The molecule has 0 saturated carbocycles. The predicted molar refractivity (Wildman–Crippen MR) is 83.8 cm³/mol. The summed E-state index contributed by atoms with van der Waals surface area (Å²) in [5.41, 5.74) is 6.12. The van der Waals surface area contributed by atoms with Gasteiger partial charge in [-0.2, -0.15) is 11.8 Å². The standard InChI is InChI=1S/C15H28N2O2S/c1-11(2)8-14(16)15(18)17(12-5-7-20-10-12)9-13-4-3-6-19-13/h11-14H,3-10,16H2,1-2H3/t12?,13?,14-/m0/s1. The van der Waals surface area contributed by atoms with Crippen molar-refractivity contribution in [3.05, 3.63) is 0 Å². The number of carbonyl (C=O) groups excluding carboxylic acids is 1. The Balaban J connectivity index is 1.98. The highest BCUT2D eigenvalue weighted by molar-refractivity contribution is 7.99. The van der Waals surface area contributed by atoms with Crippen LogP contribution in [0.3, 0.4) is 0 Å². The number of hydrogen-bond acceptors (Lipinski definition) is 4. The number of nitrogens with two attached hydrogens (primary N) is 1. The minimum atomic E-state index is -0.359. The first-order chi connectivity index (χ1) is 9.58. The Bertz CT molecular complexity index is 313. The maximum atomic E-state index is 12.7.